The molecule has 0 aliphatic heterocycles. The van der Waals surface area contributed by atoms with Gasteiger partial charge in [0.2, 0.25) is 0 Å². The van der Waals surface area contributed by atoms with Gasteiger partial charge < -0.3 is 10.1 Å². The number of carbonyl (C=O) groups is 1. The maximum absolute atomic E-state index is 12.8. The number of carbonyl (C=O) groups excluding carboxylic acids is 1. The zero-order valence-electron chi connectivity index (χ0n) is 14.0. The van der Waals surface area contributed by atoms with E-state index in [1.165, 1.54) is 12.1 Å². The molecule has 0 aromatic heterocycles. The Balaban J connectivity index is 1.85. The molecule has 2 aromatic carbocycles. The molecule has 0 saturated carbocycles. The number of amides is 1. The van der Waals surface area contributed by atoms with Crippen LogP contribution >= 0.6 is 11.6 Å². The second-order valence-corrected chi connectivity index (χ2v) is 6.18. The standard InChI is InChI=1S/C19H21ClFNO2/c1-12-10-17(11-13(2)18(12)20)24-14(3)19(23)22-9-8-15-4-6-16(21)7-5-15/h4-7,10-11,14H,8-9H2,1-3H3,(H,22,23)/t14-/m1/s1. The van der Waals surface area contributed by atoms with Crippen LogP contribution in [-0.4, -0.2) is 18.6 Å². The van der Waals surface area contributed by atoms with Crippen LogP contribution in [0.5, 0.6) is 5.75 Å². The molecule has 5 heteroatoms. The van der Waals surface area contributed by atoms with Crippen LogP contribution in [0.4, 0.5) is 4.39 Å². The average molecular weight is 350 g/mol. The van der Waals surface area contributed by atoms with E-state index in [-0.39, 0.29) is 11.7 Å². The molecular weight excluding hydrogens is 329 g/mol. The van der Waals surface area contributed by atoms with Crippen molar-refractivity contribution >= 4 is 17.5 Å². The normalized spacial score (nSPS) is 11.9. The Hall–Kier alpha value is -2.07. The maximum Gasteiger partial charge on any atom is 0.260 e. The highest BCUT2D eigenvalue weighted by Crippen LogP contribution is 2.26. The van der Waals surface area contributed by atoms with E-state index in [0.717, 1.165) is 16.7 Å². The summed E-state index contributed by atoms with van der Waals surface area (Å²) >= 11 is 6.13. The number of rotatable bonds is 6. The highest BCUT2D eigenvalue weighted by atomic mass is 35.5. The van der Waals surface area contributed by atoms with Crippen molar-refractivity contribution in [3.8, 4) is 5.75 Å². The Morgan fingerprint density at radius 3 is 2.38 bits per heavy atom. The number of aryl methyl sites for hydroxylation is 2. The van der Waals surface area contributed by atoms with E-state index in [2.05, 4.69) is 5.32 Å². The zero-order chi connectivity index (χ0) is 17.7. The highest BCUT2D eigenvalue weighted by Gasteiger charge is 2.15. The Labute approximate surface area is 146 Å². The summed E-state index contributed by atoms with van der Waals surface area (Å²) in [5.74, 6) is 0.163. The summed E-state index contributed by atoms with van der Waals surface area (Å²) in [6, 6.07) is 9.87. The number of hydrogen-bond donors (Lipinski definition) is 1. The lowest BCUT2D eigenvalue weighted by Crippen LogP contribution is -2.37. The summed E-state index contributed by atoms with van der Waals surface area (Å²) < 4.78 is 18.5. The summed E-state index contributed by atoms with van der Waals surface area (Å²) in [4.78, 5) is 12.1. The van der Waals surface area contributed by atoms with Crippen molar-refractivity contribution in [1.29, 1.82) is 0 Å². The first-order valence-electron chi connectivity index (χ1n) is 7.82. The third-order valence-electron chi connectivity index (χ3n) is 3.72. The molecule has 0 aliphatic rings. The van der Waals surface area contributed by atoms with Gasteiger partial charge in [-0.15, -0.1) is 0 Å². The second-order valence-electron chi connectivity index (χ2n) is 5.80. The second kappa shape index (κ2) is 8.15. The molecule has 1 N–H and O–H groups in total. The van der Waals surface area contributed by atoms with Gasteiger partial charge in [0.25, 0.3) is 5.91 Å². The van der Waals surface area contributed by atoms with Gasteiger partial charge in [-0.25, -0.2) is 4.39 Å². The quantitative estimate of drug-likeness (QED) is 0.847. The average Bonchev–Trinajstić information content (AvgIpc) is 2.54. The zero-order valence-corrected chi connectivity index (χ0v) is 14.8. The predicted molar refractivity (Wildman–Crippen MR) is 94.1 cm³/mol. The van der Waals surface area contributed by atoms with E-state index in [1.807, 2.05) is 26.0 Å². The number of halogens is 2. The van der Waals surface area contributed by atoms with Crippen LogP contribution in [-0.2, 0) is 11.2 Å². The fourth-order valence-electron chi connectivity index (χ4n) is 2.36. The summed E-state index contributed by atoms with van der Waals surface area (Å²) in [7, 11) is 0. The monoisotopic (exact) mass is 349 g/mol. The van der Waals surface area contributed by atoms with Gasteiger partial charge in [0.1, 0.15) is 11.6 Å². The Morgan fingerprint density at radius 2 is 1.79 bits per heavy atom. The van der Waals surface area contributed by atoms with Gasteiger partial charge in [-0.3, -0.25) is 4.79 Å². The van der Waals surface area contributed by atoms with Gasteiger partial charge in [0.05, 0.1) is 0 Å². The predicted octanol–water partition coefficient (Wildman–Crippen LogP) is 4.22. The first-order chi connectivity index (χ1) is 11.4. The molecule has 2 rings (SSSR count). The lowest BCUT2D eigenvalue weighted by atomic mass is 10.1. The molecule has 0 saturated heterocycles. The molecule has 0 aliphatic carbocycles. The molecule has 0 fully saturated rings. The lowest BCUT2D eigenvalue weighted by molar-refractivity contribution is -0.127. The molecule has 2 aromatic rings. The minimum atomic E-state index is -0.613. The van der Waals surface area contributed by atoms with E-state index in [0.29, 0.717) is 23.7 Å². The van der Waals surface area contributed by atoms with Crippen LogP contribution in [0.25, 0.3) is 0 Å². The highest BCUT2D eigenvalue weighted by molar-refractivity contribution is 6.32. The maximum atomic E-state index is 12.8. The van der Waals surface area contributed by atoms with Gasteiger partial charge in [-0.05, 0) is 68.1 Å². The van der Waals surface area contributed by atoms with E-state index in [4.69, 9.17) is 16.3 Å². The molecule has 128 valence electrons. The van der Waals surface area contributed by atoms with Gasteiger partial charge in [-0.1, -0.05) is 23.7 Å². The topological polar surface area (TPSA) is 38.3 Å². The summed E-state index contributed by atoms with van der Waals surface area (Å²) in [5.41, 5.74) is 2.79. The Morgan fingerprint density at radius 1 is 1.21 bits per heavy atom. The SMILES string of the molecule is Cc1cc(O[C@H](C)C(=O)NCCc2ccc(F)cc2)cc(C)c1Cl. The smallest absolute Gasteiger partial charge is 0.260 e. The van der Waals surface area contributed by atoms with Crippen molar-refractivity contribution in [3.63, 3.8) is 0 Å². The molecule has 0 unspecified atom stereocenters. The van der Waals surface area contributed by atoms with Gasteiger partial charge in [0.15, 0.2) is 6.10 Å². The summed E-state index contributed by atoms with van der Waals surface area (Å²) in [6.07, 6.45) is 0.0240. The number of hydrogen-bond acceptors (Lipinski definition) is 2. The third-order valence-corrected chi connectivity index (χ3v) is 4.31. The number of ether oxygens (including phenoxy) is 1. The van der Waals surface area contributed by atoms with Gasteiger partial charge >= 0.3 is 0 Å². The van der Waals surface area contributed by atoms with Crippen LogP contribution in [0.15, 0.2) is 36.4 Å². The van der Waals surface area contributed by atoms with Crippen molar-refractivity contribution in [2.24, 2.45) is 0 Å². The Bertz CT molecular complexity index is 693. The third kappa shape index (κ3) is 4.96. The molecule has 0 radical (unpaired) electrons. The van der Waals surface area contributed by atoms with Crippen LogP contribution in [0, 0.1) is 19.7 Å². The molecule has 0 spiro atoms. The molecule has 0 bridgehead atoms. The van der Waals surface area contributed by atoms with Crippen molar-refractivity contribution in [2.45, 2.75) is 33.3 Å². The molecule has 1 atom stereocenters. The van der Waals surface area contributed by atoms with Crippen molar-refractivity contribution < 1.29 is 13.9 Å². The van der Waals surface area contributed by atoms with Crippen LogP contribution in [0.3, 0.4) is 0 Å². The molecule has 3 nitrogen and oxygen atoms in total. The summed E-state index contributed by atoms with van der Waals surface area (Å²) in [6.45, 7) is 5.97. The molecular formula is C19H21ClFNO2. The van der Waals surface area contributed by atoms with Gasteiger partial charge in [0, 0.05) is 11.6 Å². The van der Waals surface area contributed by atoms with E-state index >= 15 is 0 Å². The van der Waals surface area contributed by atoms with Crippen LogP contribution in [0.2, 0.25) is 5.02 Å². The largest absolute Gasteiger partial charge is 0.481 e. The van der Waals surface area contributed by atoms with Crippen molar-refractivity contribution in [3.05, 3.63) is 63.9 Å². The van der Waals surface area contributed by atoms with Crippen LogP contribution < -0.4 is 10.1 Å². The lowest BCUT2D eigenvalue weighted by Gasteiger charge is -2.16. The van der Waals surface area contributed by atoms with Crippen LogP contribution in [0.1, 0.15) is 23.6 Å². The van der Waals surface area contributed by atoms with Crippen molar-refractivity contribution in [1.82, 2.24) is 5.32 Å². The van der Waals surface area contributed by atoms with Crippen molar-refractivity contribution in [2.75, 3.05) is 6.54 Å². The van der Waals surface area contributed by atoms with E-state index in [1.54, 1.807) is 19.1 Å². The molecule has 24 heavy (non-hydrogen) atoms. The first-order valence-corrected chi connectivity index (χ1v) is 8.20. The number of nitrogens with one attached hydrogen (secondary N) is 1. The minimum Gasteiger partial charge on any atom is -0.481 e. The van der Waals surface area contributed by atoms with Gasteiger partial charge in [-0.2, -0.15) is 0 Å². The van der Waals surface area contributed by atoms with E-state index in [9.17, 15) is 9.18 Å². The summed E-state index contributed by atoms with van der Waals surface area (Å²) in [5, 5.41) is 3.53. The fourth-order valence-corrected chi connectivity index (χ4v) is 2.47. The van der Waals surface area contributed by atoms with E-state index < -0.39 is 6.10 Å². The first kappa shape index (κ1) is 18.3. The Kier molecular flexibility index (Phi) is 6.21. The molecule has 0 heterocycles. The number of benzene rings is 2. The fraction of sp³-hybridized carbons (Fsp3) is 0.316. The molecule has 1 amide bonds. The minimum absolute atomic E-state index is 0.192.